The molecule has 9 heteroatoms. The van der Waals surface area contributed by atoms with E-state index in [1.807, 2.05) is 6.92 Å². The van der Waals surface area contributed by atoms with Crippen LogP contribution in [0.4, 0.5) is 11.4 Å². The van der Waals surface area contributed by atoms with Gasteiger partial charge in [0.15, 0.2) is 0 Å². The summed E-state index contributed by atoms with van der Waals surface area (Å²) in [6.07, 6.45) is 0. The molecule has 0 spiro atoms. The summed E-state index contributed by atoms with van der Waals surface area (Å²) in [5.74, 6) is -0.0840. The number of anilines is 2. The Labute approximate surface area is 191 Å². The maximum absolute atomic E-state index is 13.4. The number of hydrogen-bond donors (Lipinski definition) is 1. The fourth-order valence-electron chi connectivity index (χ4n) is 2.87. The van der Waals surface area contributed by atoms with Gasteiger partial charge in [-0.3, -0.25) is 9.10 Å². The van der Waals surface area contributed by atoms with Crippen LogP contribution in [0.2, 0.25) is 10.0 Å². The van der Waals surface area contributed by atoms with E-state index in [1.165, 1.54) is 24.3 Å². The highest BCUT2D eigenvalue weighted by Gasteiger charge is 2.29. The topological polar surface area (TPSA) is 75.7 Å². The first-order chi connectivity index (χ1) is 14.8. The van der Waals surface area contributed by atoms with Crippen LogP contribution in [0.1, 0.15) is 6.92 Å². The van der Waals surface area contributed by atoms with Crippen molar-refractivity contribution in [1.82, 2.24) is 0 Å². The molecule has 1 amide bonds. The number of hydrogen-bond acceptors (Lipinski definition) is 4. The largest absolute Gasteiger partial charge is 0.492 e. The van der Waals surface area contributed by atoms with E-state index >= 15 is 0 Å². The van der Waals surface area contributed by atoms with Crippen LogP contribution < -0.4 is 14.4 Å². The number of carbonyl (C=O) groups excluding carboxylic acids is 1. The number of carbonyl (C=O) groups is 1. The Morgan fingerprint density at radius 1 is 1.00 bits per heavy atom. The monoisotopic (exact) mass is 478 g/mol. The first-order valence-corrected chi connectivity index (χ1v) is 11.6. The van der Waals surface area contributed by atoms with Crippen LogP contribution in [-0.4, -0.2) is 27.5 Å². The Balaban J connectivity index is 1.98. The molecule has 0 aliphatic heterocycles. The zero-order valence-electron chi connectivity index (χ0n) is 16.6. The van der Waals surface area contributed by atoms with Crippen molar-refractivity contribution in [3.05, 3.63) is 82.8 Å². The smallest absolute Gasteiger partial charge is 0.264 e. The summed E-state index contributed by atoms with van der Waals surface area (Å²) in [5, 5.41) is 3.14. The minimum atomic E-state index is -4.10. The average molecular weight is 479 g/mol. The van der Waals surface area contributed by atoms with Crippen molar-refractivity contribution in [2.75, 3.05) is 22.8 Å². The molecule has 0 atom stereocenters. The number of sulfonamides is 1. The second-order valence-electron chi connectivity index (χ2n) is 6.40. The third-order valence-electron chi connectivity index (χ3n) is 4.26. The van der Waals surface area contributed by atoms with E-state index in [-0.39, 0.29) is 20.6 Å². The van der Waals surface area contributed by atoms with Crippen molar-refractivity contribution in [3.63, 3.8) is 0 Å². The van der Waals surface area contributed by atoms with Crippen molar-refractivity contribution in [3.8, 4) is 5.75 Å². The second-order valence-corrected chi connectivity index (χ2v) is 9.10. The number of nitrogens with one attached hydrogen (secondary N) is 1. The van der Waals surface area contributed by atoms with Gasteiger partial charge in [0, 0.05) is 5.02 Å². The summed E-state index contributed by atoms with van der Waals surface area (Å²) in [5.41, 5.74) is 0.537. The molecule has 3 aromatic rings. The molecule has 6 nitrogen and oxygen atoms in total. The van der Waals surface area contributed by atoms with E-state index in [2.05, 4.69) is 5.32 Å². The van der Waals surface area contributed by atoms with E-state index in [9.17, 15) is 13.2 Å². The van der Waals surface area contributed by atoms with Crippen molar-refractivity contribution in [2.45, 2.75) is 11.8 Å². The van der Waals surface area contributed by atoms with Crippen molar-refractivity contribution in [2.24, 2.45) is 0 Å². The Kier molecular flexibility index (Phi) is 7.43. The van der Waals surface area contributed by atoms with Gasteiger partial charge in [-0.05, 0) is 49.4 Å². The molecule has 3 rings (SSSR count). The predicted octanol–water partition coefficient (Wildman–Crippen LogP) is 5.23. The maximum Gasteiger partial charge on any atom is 0.264 e. The van der Waals surface area contributed by atoms with Gasteiger partial charge >= 0.3 is 0 Å². The molecule has 162 valence electrons. The van der Waals surface area contributed by atoms with Crippen LogP contribution in [0.5, 0.6) is 5.75 Å². The van der Waals surface area contributed by atoms with E-state index in [1.54, 1.807) is 48.5 Å². The molecule has 1 N–H and O–H groups in total. The molecule has 0 fully saturated rings. The number of halogens is 2. The van der Waals surface area contributed by atoms with Gasteiger partial charge in [0.1, 0.15) is 12.3 Å². The molecule has 0 unspecified atom stereocenters. The summed E-state index contributed by atoms with van der Waals surface area (Å²) in [4.78, 5) is 12.9. The van der Waals surface area contributed by atoms with E-state index in [0.717, 1.165) is 4.31 Å². The first kappa shape index (κ1) is 22.9. The van der Waals surface area contributed by atoms with Crippen molar-refractivity contribution >= 4 is 50.5 Å². The Morgan fingerprint density at radius 3 is 2.39 bits per heavy atom. The van der Waals surface area contributed by atoms with Gasteiger partial charge in [0.25, 0.3) is 10.0 Å². The predicted molar refractivity (Wildman–Crippen MR) is 124 cm³/mol. The lowest BCUT2D eigenvalue weighted by atomic mass is 10.3. The molecule has 0 saturated heterocycles. The Bertz CT molecular complexity index is 1170. The lowest BCUT2D eigenvalue weighted by Crippen LogP contribution is -2.38. The average Bonchev–Trinajstić information content (AvgIpc) is 2.76. The van der Waals surface area contributed by atoms with Crippen molar-refractivity contribution < 1.29 is 17.9 Å². The highest BCUT2D eigenvalue weighted by molar-refractivity contribution is 7.92. The Morgan fingerprint density at radius 2 is 1.68 bits per heavy atom. The maximum atomic E-state index is 13.4. The van der Waals surface area contributed by atoms with Crippen LogP contribution in [0.15, 0.2) is 77.7 Å². The quantitative estimate of drug-likeness (QED) is 0.480. The zero-order chi connectivity index (χ0) is 22.4. The highest BCUT2D eigenvalue weighted by atomic mass is 35.5. The van der Waals surface area contributed by atoms with Crippen LogP contribution >= 0.6 is 23.2 Å². The highest BCUT2D eigenvalue weighted by Crippen LogP contribution is 2.33. The fourth-order valence-corrected chi connectivity index (χ4v) is 4.76. The summed E-state index contributed by atoms with van der Waals surface area (Å²) in [6, 6.07) is 19.1. The van der Waals surface area contributed by atoms with Gasteiger partial charge in [-0.15, -0.1) is 0 Å². The van der Waals surface area contributed by atoms with Gasteiger partial charge in [0.2, 0.25) is 5.91 Å². The normalized spacial score (nSPS) is 11.1. The van der Waals surface area contributed by atoms with Gasteiger partial charge in [-0.2, -0.15) is 0 Å². The van der Waals surface area contributed by atoms with Gasteiger partial charge < -0.3 is 10.1 Å². The van der Waals surface area contributed by atoms with Gasteiger partial charge in [-0.25, -0.2) is 8.42 Å². The molecule has 0 bridgehead atoms. The number of para-hydroxylation sites is 2. The van der Waals surface area contributed by atoms with E-state index in [4.69, 9.17) is 27.9 Å². The number of benzene rings is 3. The number of nitrogens with zero attached hydrogens (tertiary/aromatic N) is 1. The lowest BCUT2D eigenvalue weighted by Gasteiger charge is -2.25. The summed E-state index contributed by atoms with van der Waals surface area (Å²) < 4.78 is 33.2. The molecule has 0 aromatic heterocycles. The van der Waals surface area contributed by atoms with Crippen LogP contribution in [0.25, 0.3) is 0 Å². The molecular formula is C22H20Cl2N2O4S. The van der Waals surface area contributed by atoms with Crippen LogP contribution in [0.3, 0.4) is 0 Å². The summed E-state index contributed by atoms with van der Waals surface area (Å²) in [7, 11) is -4.10. The molecule has 0 saturated carbocycles. The van der Waals surface area contributed by atoms with E-state index in [0.29, 0.717) is 18.0 Å². The number of amides is 1. The van der Waals surface area contributed by atoms with Crippen LogP contribution in [-0.2, 0) is 14.8 Å². The molecule has 0 aliphatic rings. The first-order valence-electron chi connectivity index (χ1n) is 9.37. The summed E-state index contributed by atoms with van der Waals surface area (Å²) in [6.45, 7) is 1.73. The molecule has 3 aromatic carbocycles. The minimum absolute atomic E-state index is 0.0218. The molecule has 0 heterocycles. The summed E-state index contributed by atoms with van der Waals surface area (Å²) >= 11 is 12.4. The minimum Gasteiger partial charge on any atom is -0.492 e. The molecule has 0 aliphatic carbocycles. The number of ether oxygens (including phenoxy) is 1. The third kappa shape index (κ3) is 5.50. The molecule has 31 heavy (non-hydrogen) atoms. The lowest BCUT2D eigenvalue weighted by molar-refractivity contribution is -0.114. The second kappa shape index (κ2) is 10.0. The third-order valence-corrected chi connectivity index (χ3v) is 6.58. The molecule has 0 radical (unpaired) electrons. The van der Waals surface area contributed by atoms with E-state index < -0.39 is 22.5 Å². The molecular weight excluding hydrogens is 459 g/mol. The van der Waals surface area contributed by atoms with Crippen molar-refractivity contribution in [1.29, 1.82) is 0 Å². The fraction of sp³-hybridized carbons (Fsp3) is 0.136. The Hall–Kier alpha value is -2.74. The van der Waals surface area contributed by atoms with Gasteiger partial charge in [-0.1, -0.05) is 53.5 Å². The van der Waals surface area contributed by atoms with Crippen LogP contribution in [0, 0.1) is 0 Å². The number of rotatable bonds is 8. The standard InChI is InChI=1S/C22H20Cl2N2O4S/c1-2-30-21-11-7-6-10-19(21)25-22(27)15-26(20-14-16(23)12-13-18(20)24)31(28,29)17-8-4-3-5-9-17/h3-14H,2,15H2,1H3,(H,25,27). The van der Waals surface area contributed by atoms with Gasteiger partial charge in [0.05, 0.1) is 27.9 Å². The SMILES string of the molecule is CCOc1ccccc1NC(=O)CN(c1cc(Cl)ccc1Cl)S(=O)(=O)c1ccccc1. The zero-order valence-corrected chi connectivity index (χ0v) is 18.9.